The van der Waals surface area contributed by atoms with E-state index in [1.54, 1.807) is 0 Å². The second-order valence-electron chi connectivity index (χ2n) is 26.3. The maximum Gasteiger partial charge on any atom is 0.126 e. The van der Waals surface area contributed by atoms with Crippen molar-refractivity contribution in [3.8, 4) is 70.3 Å². The van der Waals surface area contributed by atoms with Crippen LogP contribution in [-0.4, -0.2) is 159 Å². The highest BCUT2D eigenvalue weighted by Gasteiger charge is 2.27. The van der Waals surface area contributed by atoms with Crippen LogP contribution in [0.2, 0.25) is 0 Å². The van der Waals surface area contributed by atoms with Gasteiger partial charge in [-0.15, -0.1) is 0 Å². The Kier molecular flexibility index (Phi) is 36.2. The lowest BCUT2D eigenvalue weighted by Gasteiger charge is -2.23. The van der Waals surface area contributed by atoms with E-state index in [0.717, 1.165) is 112 Å². The fourth-order valence-corrected chi connectivity index (χ4v) is 13.9. The summed E-state index contributed by atoms with van der Waals surface area (Å²) in [4.78, 5) is 0. The Hall–Kier alpha value is -10.2. The average molecular weight is 1530 g/mol. The number of fused-ring (bicyclic) bond motifs is 16. The molecule has 8 aromatic rings. The average Bonchev–Trinajstić information content (AvgIpc) is 0.783. The molecule has 20 nitrogen and oxygen atoms in total. The number of hydrogen-bond donors (Lipinski definition) is 0. The van der Waals surface area contributed by atoms with Crippen LogP contribution in [0.15, 0.2) is 121 Å². The zero-order valence-corrected chi connectivity index (χ0v) is 66.5. The SMILES string of the molecule is CCOCCOc1c2cccc1Cc1cc(C#N)cc(c1OCCOCC)Cc1cccc(c1OCCOCC)Cc1cc(C#N)cc(c1OCCOCC)C2.CCOCCOc1c2cccc1Cc1cc(C#N)cc(c1OCCOCC)Cc1cccc(c1OCCOCC)Cc1cc(C#N)cc(c1OCCOCC)C2. The standard InChI is InChI=1S/2C46H54N2O8/c2*1-5-49-15-19-53-43-35-11-9-12-36(43)28-40-24-34(32-48)26-42(46(40)56-22-18-52-8-4)30-38-14-10-13-37(44(38)54-20-16-50-6-2)29-41-25-33(31-47)23-39(27-35)45(41)55-21-17-51-7-3/h2*9-14,23-26H,5-8,15-22,27-30H2,1-4H3. The summed E-state index contributed by atoms with van der Waals surface area (Å²) in [6.07, 6.45) is 3.47. The van der Waals surface area contributed by atoms with Crippen molar-refractivity contribution in [3.63, 3.8) is 0 Å². The van der Waals surface area contributed by atoms with Gasteiger partial charge in [-0.3, -0.25) is 0 Å². The Morgan fingerprint density at radius 1 is 0.196 bits per heavy atom. The van der Waals surface area contributed by atoms with E-state index < -0.39 is 0 Å². The van der Waals surface area contributed by atoms with Gasteiger partial charge in [0.2, 0.25) is 0 Å². The molecule has 8 aromatic carbocycles. The quantitative estimate of drug-likeness (QED) is 0.0324. The van der Waals surface area contributed by atoms with Gasteiger partial charge >= 0.3 is 0 Å². The zero-order chi connectivity index (χ0) is 79.1. The summed E-state index contributed by atoms with van der Waals surface area (Å²) in [6.45, 7) is 26.5. The lowest BCUT2D eigenvalue weighted by Crippen LogP contribution is -2.14. The highest BCUT2D eigenvalue weighted by atomic mass is 16.6. The third kappa shape index (κ3) is 24.9. The van der Waals surface area contributed by atoms with Crippen LogP contribution in [0.5, 0.6) is 46.0 Å². The van der Waals surface area contributed by atoms with E-state index >= 15 is 0 Å². The number of hydrogen-bond acceptors (Lipinski definition) is 20. The van der Waals surface area contributed by atoms with Crippen molar-refractivity contribution in [3.05, 3.63) is 233 Å². The van der Waals surface area contributed by atoms with Gasteiger partial charge in [-0.2, -0.15) is 21.0 Å². The number of ether oxygens (including phenoxy) is 16. The van der Waals surface area contributed by atoms with Crippen LogP contribution in [0.4, 0.5) is 0 Å². The normalized spacial score (nSPS) is 12.0. The fourth-order valence-electron chi connectivity index (χ4n) is 13.9. The van der Waals surface area contributed by atoms with Gasteiger partial charge in [0.1, 0.15) is 98.9 Å². The summed E-state index contributed by atoms with van der Waals surface area (Å²) < 4.78 is 98.0. The molecule has 2 aliphatic rings. The van der Waals surface area contributed by atoms with Crippen LogP contribution < -0.4 is 37.9 Å². The molecule has 0 N–H and O–H groups in total. The number of benzene rings is 8. The minimum atomic E-state index is 0.344. The van der Waals surface area contributed by atoms with E-state index in [0.29, 0.717) is 255 Å². The third-order valence-corrected chi connectivity index (χ3v) is 18.7. The van der Waals surface area contributed by atoms with Gasteiger partial charge in [0.05, 0.1) is 99.4 Å². The molecule has 16 bridgehead atoms. The minimum Gasteiger partial charge on any atom is -0.491 e. The summed E-state index contributed by atoms with van der Waals surface area (Å²) in [7, 11) is 0. The van der Waals surface area contributed by atoms with Crippen LogP contribution in [-0.2, 0) is 89.3 Å². The molecule has 0 saturated heterocycles. The number of para-hydroxylation sites is 4. The predicted octanol–water partition coefficient (Wildman–Crippen LogP) is 15.5. The van der Waals surface area contributed by atoms with Crippen LogP contribution in [0.25, 0.3) is 0 Å². The van der Waals surface area contributed by atoms with E-state index in [-0.39, 0.29) is 0 Å². The molecule has 0 aromatic heterocycles. The van der Waals surface area contributed by atoms with E-state index in [1.165, 1.54) is 0 Å². The molecule has 0 saturated carbocycles. The molecular formula is C92H108N4O16. The molecule has 0 spiro atoms. The van der Waals surface area contributed by atoms with Gasteiger partial charge in [0.25, 0.3) is 0 Å². The number of nitrogens with zero attached hydrogens (tertiary/aromatic N) is 4. The molecule has 20 heteroatoms. The Morgan fingerprint density at radius 2 is 0.321 bits per heavy atom. The molecule has 0 amide bonds. The summed E-state index contributed by atoms with van der Waals surface area (Å²) >= 11 is 0. The van der Waals surface area contributed by atoms with Crippen molar-refractivity contribution in [2.75, 3.05) is 159 Å². The molecule has 0 unspecified atom stereocenters. The van der Waals surface area contributed by atoms with E-state index in [9.17, 15) is 21.0 Å². The van der Waals surface area contributed by atoms with Crippen molar-refractivity contribution in [1.29, 1.82) is 21.0 Å². The predicted molar refractivity (Wildman–Crippen MR) is 429 cm³/mol. The zero-order valence-electron chi connectivity index (χ0n) is 66.5. The summed E-state index contributed by atoms with van der Waals surface area (Å²) in [5.74, 6) is 5.74. The van der Waals surface area contributed by atoms with Crippen LogP contribution >= 0.6 is 0 Å². The Balaban J connectivity index is 0.000000257. The Morgan fingerprint density at radius 3 is 0.438 bits per heavy atom. The molecule has 0 heterocycles. The van der Waals surface area contributed by atoms with Crippen molar-refractivity contribution in [2.24, 2.45) is 0 Å². The molecule has 0 atom stereocenters. The van der Waals surface area contributed by atoms with E-state index in [1.807, 2.05) is 128 Å². The molecule has 0 fully saturated rings. The first-order chi connectivity index (χ1) is 55.0. The van der Waals surface area contributed by atoms with Gasteiger partial charge in [-0.25, -0.2) is 0 Å². The minimum absolute atomic E-state index is 0.344. The smallest absolute Gasteiger partial charge is 0.126 e. The van der Waals surface area contributed by atoms with Crippen LogP contribution in [0.3, 0.4) is 0 Å². The molecule has 0 aliphatic heterocycles. The fraction of sp³-hybridized carbons (Fsp3) is 0.435. The lowest BCUT2D eigenvalue weighted by atomic mass is 9.90. The van der Waals surface area contributed by atoms with Crippen molar-refractivity contribution in [1.82, 2.24) is 0 Å². The van der Waals surface area contributed by atoms with Gasteiger partial charge in [-0.1, -0.05) is 72.8 Å². The van der Waals surface area contributed by atoms with E-state index in [2.05, 4.69) is 72.8 Å². The largest absolute Gasteiger partial charge is 0.491 e. The van der Waals surface area contributed by atoms with Gasteiger partial charge in [0.15, 0.2) is 0 Å². The summed E-state index contributed by atoms with van der Waals surface area (Å²) in [6, 6.07) is 49.3. The van der Waals surface area contributed by atoms with Crippen LogP contribution in [0.1, 0.15) is 167 Å². The highest BCUT2D eigenvalue weighted by molar-refractivity contribution is 5.62. The van der Waals surface area contributed by atoms with Gasteiger partial charge in [-0.05, 0) is 148 Å². The third-order valence-electron chi connectivity index (χ3n) is 18.7. The number of rotatable bonds is 40. The summed E-state index contributed by atoms with van der Waals surface area (Å²) in [5.41, 5.74) is 16.4. The maximum absolute atomic E-state index is 10.3. The monoisotopic (exact) mass is 1520 g/mol. The molecule has 0 radical (unpaired) electrons. The molecule has 10 rings (SSSR count). The molecule has 112 heavy (non-hydrogen) atoms. The summed E-state index contributed by atoms with van der Waals surface area (Å²) in [5, 5.41) is 41.2. The Labute approximate surface area is 661 Å². The Bertz CT molecular complexity index is 3750. The van der Waals surface area contributed by atoms with Gasteiger partial charge in [0, 0.05) is 149 Å². The molecular weight excluding hydrogens is 1420 g/mol. The second kappa shape index (κ2) is 47.2. The second-order valence-corrected chi connectivity index (χ2v) is 26.3. The topological polar surface area (TPSA) is 243 Å². The lowest BCUT2D eigenvalue weighted by molar-refractivity contribution is 0.108. The van der Waals surface area contributed by atoms with Gasteiger partial charge < -0.3 is 75.8 Å². The molecule has 2 aliphatic carbocycles. The van der Waals surface area contributed by atoms with Crippen LogP contribution in [0, 0.1) is 45.3 Å². The maximum atomic E-state index is 10.3. The first kappa shape index (κ1) is 85.8. The van der Waals surface area contributed by atoms with Crippen molar-refractivity contribution < 1.29 is 75.8 Å². The first-order valence-electron chi connectivity index (χ1n) is 39.4. The van der Waals surface area contributed by atoms with E-state index in [4.69, 9.17) is 75.8 Å². The molecule has 592 valence electrons. The van der Waals surface area contributed by atoms with Crippen molar-refractivity contribution >= 4 is 0 Å². The van der Waals surface area contributed by atoms with Crippen molar-refractivity contribution in [2.45, 2.75) is 107 Å². The highest BCUT2D eigenvalue weighted by Crippen LogP contribution is 2.43. The number of nitriles is 4. The first-order valence-corrected chi connectivity index (χ1v) is 39.4.